The minimum absolute atomic E-state index is 0.0711. The number of hydrogen-bond acceptors (Lipinski definition) is 9. The number of nitrogens with one attached hydrogen (secondary N) is 1. The average molecular weight is 632 g/mol. The number of amides is 1. The molecular weight excluding hydrogens is 598 g/mol. The number of carbonyl (C=O) groups excluding carboxylic acids is 1. The second-order valence-corrected chi connectivity index (χ2v) is 11.1. The third-order valence-electron chi connectivity index (χ3n) is 7.61. The normalized spacial score (nSPS) is 14.5. The SMILES string of the molecule is COc1cc2ncc(-c3ccc(CC(=O)Nc4cc(C(C)(C)C(F)(F)F)on4)c(F)c3)nc2cc1OCCCN1CCOCC1. The molecule has 0 unspecified atom stereocenters. The number of ether oxygens (including phenoxy) is 3. The van der Waals surface area contributed by atoms with Crippen molar-refractivity contribution in [3.63, 3.8) is 0 Å². The molecule has 0 bridgehead atoms. The van der Waals surface area contributed by atoms with E-state index in [1.807, 2.05) is 0 Å². The summed E-state index contributed by atoms with van der Waals surface area (Å²) >= 11 is 0. The highest BCUT2D eigenvalue weighted by molar-refractivity contribution is 5.91. The van der Waals surface area contributed by atoms with E-state index in [9.17, 15) is 18.0 Å². The maximum Gasteiger partial charge on any atom is 0.401 e. The van der Waals surface area contributed by atoms with Crippen LogP contribution in [0.25, 0.3) is 22.3 Å². The fourth-order valence-corrected chi connectivity index (χ4v) is 4.71. The van der Waals surface area contributed by atoms with Crippen LogP contribution in [0.1, 0.15) is 31.6 Å². The van der Waals surface area contributed by atoms with Crippen LogP contribution < -0.4 is 14.8 Å². The molecule has 5 rings (SSSR count). The van der Waals surface area contributed by atoms with Crippen LogP contribution in [0, 0.1) is 5.82 Å². The first-order valence-corrected chi connectivity index (χ1v) is 14.3. The lowest BCUT2D eigenvalue weighted by Gasteiger charge is -2.26. The van der Waals surface area contributed by atoms with Gasteiger partial charge in [0.1, 0.15) is 11.2 Å². The second-order valence-electron chi connectivity index (χ2n) is 11.1. The van der Waals surface area contributed by atoms with Gasteiger partial charge < -0.3 is 24.1 Å². The highest BCUT2D eigenvalue weighted by Gasteiger charge is 2.51. The lowest BCUT2D eigenvalue weighted by Crippen LogP contribution is -2.37. The van der Waals surface area contributed by atoms with Crippen LogP contribution in [0.2, 0.25) is 0 Å². The maximum absolute atomic E-state index is 15.1. The maximum atomic E-state index is 15.1. The van der Waals surface area contributed by atoms with Gasteiger partial charge in [0.2, 0.25) is 5.91 Å². The largest absolute Gasteiger partial charge is 0.493 e. The zero-order chi connectivity index (χ0) is 32.2. The molecule has 0 radical (unpaired) electrons. The molecule has 1 amide bonds. The predicted octanol–water partition coefficient (Wildman–Crippen LogP) is 5.55. The van der Waals surface area contributed by atoms with Gasteiger partial charge in [-0.3, -0.25) is 14.7 Å². The van der Waals surface area contributed by atoms with Gasteiger partial charge in [0.25, 0.3) is 0 Å². The third-order valence-corrected chi connectivity index (χ3v) is 7.61. The zero-order valence-electron chi connectivity index (χ0n) is 25.0. The Hall–Kier alpha value is -4.30. The molecule has 2 aromatic heterocycles. The summed E-state index contributed by atoms with van der Waals surface area (Å²) in [5, 5.41) is 5.84. The van der Waals surface area contributed by atoms with Gasteiger partial charge in [-0.15, -0.1) is 0 Å². The number of fused-ring (bicyclic) bond motifs is 1. The molecule has 3 heterocycles. The number of aromatic nitrogens is 3. The molecule has 1 fully saturated rings. The first kappa shape index (κ1) is 32.1. The van der Waals surface area contributed by atoms with Crippen molar-refractivity contribution in [3.05, 3.63) is 59.7 Å². The zero-order valence-corrected chi connectivity index (χ0v) is 25.0. The fourth-order valence-electron chi connectivity index (χ4n) is 4.71. The smallest absolute Gasteiger partial charge is 0.401 e. The average Bonchev–Trinajstić information content (AvgIpc) is 3.48. The Labute approximate surface area is 256 Å². The van der Waals surface area contributed by atoms with Gasteiger partial charge in [0.05, 0.1) is 56.3 Å². The van der Waals surface area contributed by atoms with Crippen LogP contribution in [0.15, 0.2) is 47.1 Å². The van der Waals surface area contributed by atoms with Gasteiger partial charge in [-0.25, -0.2) is 9.37 Å². The van der Waals surface area contributed by atoms with E-state index in [1.54, 1.807) is 25.3 Å². The van der Waals surface area contributed by atoms with Gasteiger partial charge in [0.15, 0.2) is 23.1 Å². The van der Waals surface area contributed by atoms with E-state index in [2.05, 4.69) is 25.3 Å². The van der Waals surface area contributed by atoms with Crippen molar-refractivity contribution >= 4 is 22.8 Å². The molecule has 2 aromatic carbocycles. The van der Waals surface area contributed by atoms with Crippen LogP contribution in [-0.2, 0) is 21.4 Å². The van der Waals surface area contributed by atoms with Crippen molar-refractivity contribution in [1.82, 2.24) is 20.0 Å². The minimum Gasteiger partial charge on any atom is -0.493 e. The molecule has 1 N–H and O–H groups in total. The van der Waals surface area contributed by atoms with Gasteiger partial charge in [-0.05, 0) is 31.9 Å². The molecule has 1 aliphatic rings. The molecule has 0 spiro atoms. The summed E-state index contributed by atoms with van der Waals surface area (Å²) < 4.78 is 76.6. The molecule has 0 aliphatic carbocycles. The van der Waals surface area contributed by atoms with Crippen molar-refractivity contribution in [3.8, 4) is 22.8 Å². The Morgan fingerprint density at radius 3 is 2.53 bits per heavy atom. The number of hydrogen-bond donors (Lipinski definition) is 1. The van der Waals surface area contributed by atoms with Crippen LogP contribution in [0.4, 0.5) is 23.4 Å². The van der Waals surface area contributed by atoms with E-state index in [4.69, 9.17) is 18.7 Å². The van der Waals surface area contributed by atoms with E-state index in [-0.39, 0.29) is 17.8 Å². The van der Waals surface area contributed by atoms with Gasteiger partial charge in [-0.1, -0.05) is 17.3 Å². The van der Waals surface area contributed by atoms with E-state index in [0.717, 1.165) is 59.2 Å². The first-order chi connectivity index (χ1) is 21.4. The number of alkyl halides is 3. The summed E-state index contributed by atoms with van der Waals surface area (Å²) in [6.45, 7) is 6.55. The second kappa shape index (κ2) is 13.4. The number of halogens is 4. The van der Waals surface area contributed by atoms with Gasteiger partial charge in [-0.2, -0.15) is 13.2 Å². The highest BCUT2D eigenvalue weighted by atomic mass is 19.4. The molecule has 14 heteroatoms. The first-order valence-electron chi connectivity index (χ1n) is 14.3. The molecule has 1 aliphatic heterocycles. The Bertz CT molecular complexity index is 1650. The quantitative estimate of drug-likeness (QED) is 0.168. The molecular formula is C31H33F4N5O5. The van der Waals surface area contributed by atoms with Gasteiger partial charge in [0, 0.05) is 43.4 Å². The number of methoxy groups -OCH3 is 1. The number of morpholine rings is 1. The van der Waals surface area contributed by atoms with E-state index >= 15 is 4.39 Å². The molecule has 0 saturated carbocycles. The monoisotopic (exact) mass is 631 g/mol. The van der Waals surface area contributed by atoms with Crippen LogP contribution in [0.3, 0.4) is 0 Å². The molecule has 240 valence electrons. The van der Waals surface area contributed by atoms with E-state index in [0.29, 0.717) is 40.4 Å². The minimum atomic E-state index is -4.58. The van der Waals surface area contributed by atoms with Crippen molar-refractivity contribution in [2.24, 2.45) is 0 Å². The molecule has 1 saturated heterocycles. The van der Waals surface area contributed by atoms with Gasteiger partial charge >= 0.3 is 6.18 Å². The number of anilines is 1. The van der Waals surface area contributed by atoms with Crippen LogP contribution in [-0.4, -0.2) is 78.7 Å². The summed E-state index contributed by atoms with van der Waals surface area (Å²) in [6.07, 6.45) is -2.63. The van der Waals surface area contributed by atoms with E-state index < -0.39 is 29.1 Å². The Morgan fingerprint density at radius 1 is 1.07 bits per heavy atom. The van der Waals surface area contributed by atoms with Crippen LogP contribution >= 0.6 is 0 Å². The van der Waals surface area contributed by atoms with Crippen molar-refractivity contribution in [2.45, 2.75) is 38.3 Å². The lowest BCUT2D eigenvalue weighted by molar-refractivity contribution is -0.185. The molecule has 4 aromatic rings. The Balaban J connectivity index is 1.24. The standard InChI is InChI=1S/C31H33F4N5O5/c1-30(2,31(33,34)35)27-17-28(39-45-27)38-29(41)14-19-5-6-20(13-21(19)32)24-18-36-22-15-25(42-3)26(16-23(22)37-24)44-10-4-7-40-8-11-43-12-9-40/h5-6,13,15-18H,4,7-12,14H2,1-3H3,(H,38,39,41). The molecule has 45 heavy (non-hydrogen) atoms. The summed E-state index contributed by atoms with van der Waals surface area (Å²) in [4.78, 5) is 23.9. The van der Waals surface area contributed by atoms with Crippen LogP contribution in [0.5, 0.6) is 11.5 Å². The molecule has 10 nitrogen and oxygen atoms in total. The summed E-state index contributed by atoms with van der Waals surface area (Å²) in [6, 6.07) is 8.75. The number of benzene rings is 2. The highest BCUT2D eigenvalue weighted by Crippen LogP contribution is 2.41. The third kappa shape index (κ3) is 7.51. The fraction of sp³-hybridized carbons (Fsp3) is 0.419. The van der Waals surface area contributed by atoms with Crippen molar-refractivity contribution in [1.29, 1.82) is 0 Å². The summed E-state index contributed by atoms with van der Waals surface area (Å²) in [5.74, 6) is -0.959. The Morgan fingerprint density at radius 2 is 1.82 bits per heavy atom. The summed E-state index contributed by atoms with van der Waals surface area (Å²) in [7, 11) is 1.55. The number of rotatable bonds is 11. The van der Waals surface area contributed by atoms with Crippen molar-refractivity contribution < 1.29 is 41.1 Å². The number of nitrogens with zero attached hydrogens (tertiary/aromatic N) is 4. The summed E-state index contributed by atoms with van der Waals surface area (Å²) in [5.41, 5.74) is -0.295. The lowest BCUT2D eigenvalue weighted by atomic mass is 9.89. The number of carbonyl (C=O) groups is 1. The predicted molar refractivity (Wildman–Crippen MR) is 157 cm³/mol. The van der Waals surface area contributed by atoms with Crippen molar-refractivity contribution in [2.75, 3.05) is 51.9 Å². The molecule has 0 atom stereocenters. The topological polar surface area (TPSA) is 112 Å². The van der Waals surface area contributed by atoms with E-state index in [1.165, 1.54) is 18.3 Å². The Kier molecular flexibility index (Phi) is 9.53.